The maximum Gasteiger partial charge on any atom is 0.239 e. The maximum absolute atomic E-state index is 12.1. The summed E-state index contributed by atoms with van der Waals surface area (Å²) in [6.07, 6.45) is 0. The van der Waals surface area contributed by atoms with Crippen molar-refractivity contribution in [3.8, 4) is 0 Å². The molecule has 104 valence electrons. The lowest BCUT2D eigenvalue weighted by Crippen LogP contribution is -2.22. The molecule has 0 fully saturated rings. The fourth-order valence-electron chi connectivity index (χ4n) is 1.72. The molecule has 0 heterocycles. The molecule has 2 rings (SSSR count). The van der Waals surface area contributed by atoms with Crippen LogP contribution in [0.5, 0.6) is 0 Å². The molecule has 0 saturated heterocycles. The van der Waals surface area contributed by atoms with Gasteiger partial charge >= 0.3 is 0 Å². The lowest BCUT2D eigenvalue weighted by Gasteiger charge is -2.06. The van der Waals surface area contributed by atoms with E-state index in [1.54, 1.807) is 36.4 Å². The van der Waals surface area contributed by atoms with Crippen LogP contribution in [0.15, 0.2) is 59.5 Å². The number of benzene rings is 2. The summed E-state index contributed by atoms with van der Waals surface area (Å²) in [7, 11) is -3.61. The third-order valence-electron chi connectivity index (χ3n) is 2.76. The molecule has 2 aromatic carbocycles. The number of anilines is 1. The standard InChI is InChI=1S/C15H15NO3S/c1-12-7-9-14(10-8-12)20(18,19)11-15(17)16-13-5-3-2-4-6-13/h2-10H,11H2,1H3,(H,16,17). The molecule has 2 aromatic rings. The molecule has 0 unspecified atom stereocenters. The molecule has 1 N–H and O–H groups in total. The number of nitrogens with one attached hydrogen (secondary N) is 1. The molecule has 1 amide bonds. The van der Waals surface area contributed by atoms with Crippen LogP contribution in [0.2, 0.25) is 0 Å². The highest BCUT2D eigenvalue weighted by Gasteiger charge is 2.19. The van der Waals surface area contributed by atoms with E-state index in [9.17, 15) is 13.2 Å². The van der Waals surface area contributed by atoms with Gasteiger partial charge in [0.1, 0.15) is 5.75 Å². The Morgan fingerprint density at radius 2 is 1.60 bits per heavy atom. The zero-order valence-corrected chi connectivity index (χ0v) is 11.9. The van der Waals surface area contributed by atoms with E-state index in [0.717, 1.165) is 5.56 Å². The van der Waals surface area contributed by atoms with Crippen LogP contribution < -0.4 is 5.32 Å². The first-order chi connectivity index (χ1) is 9.47. The second kappa shape index (κ2) is 5.88. The van der Waals surface area contributed by atoms with E-state index in [1.165, 1.54) is 12.1 Å². The molecule has 20 heavy (non-hydrogen) atoms. The smallest absolute Gasteiger partial charge is 0.239 e. The first kappa shape index (κ1) is 14.3. The van der Waals surface area contributed by atoms with Gasteiger partial charge in [0.15, 0.2) is 9.84 Å². The minimum atomic E-state index is -3.61. The van der Waals surface area contributed by atoms with Gasteiger partial charge in [0.25, 0.3) is 0 Å². The van der Waals surface area contributed by atoms with Crippen molar-refractivity contribution in [3.63, 3.8) is 0 Å². The first-order valence-corrected chi connectivity index (χ1v) is 7.77. The van der Waals surface area contributed by atoms with Gasteiger partial charge in [0.05, 0.1) is 4.90 Å². The molecule has 0 bridgehead atoms. The molecule has 0 aliphatic carbocycles. The fourth-order valence-corrected chi connectivity index (χ4v) is 2.85. The number of hydrogen-bond acceptors (Lipinski definition) is 3. The zero-order valence-electron chi connectivity index (χ0n) is 11.0. The summed E-state index contributed by atoms with van der Waals surface area (Å²) in [6, 6.07) is 15.2. The van der Waals surface area contributed by atoms with Crippen LogP contribution >= 0.6 is 0 Å². The van der Waals surface area contributed by atoms with Crippen molar-refractivity contribution in [1.82, 2.24) is 0 Å². The molecule has 0 aliphatic heterocycles. The van der Waals surface area contributed by atoms with Gasteiger partial charge in [0, 0.05) is 5.69 Å². The molecular formula is C15H15NO3S. The van der Waals surface area contributed by atoms with Crippen LogP contribution in [-0.2, 0) is 14.6 Å². The average Bonchev–Trinajstić information content (AvgIpc) is 2.39. The Hall–Kier alpha value is -2.14. The van der Waals surface area contributed by atoms with Gasteiger partial charge in [-0.2, -0.15) is 0 Å². The summed E-state index contributed by atoms with van der Waals surface area (Å²) < 4.78 is 24.2. The van der Waals surface area contributed by atoms with Gasteiger partial charge in [-0.15, -0.1) is 0 Å². The summed E-state index contributed by atoms with van der Waals surface area (Å²) >= 11 is 0. The summed E-state index contributed by atoms with van der Waals surface area (Å²) in [5.41, 5.74) is 1.55. The van der Waals surface area contributed by atoms with Gasteiger partial charge in [-0.05, 0) is 31.2 Å². The number of para-hydroxylation sites is 1. The van der Waals surface area contributed by atoms with Crippen LogP contribution in [0.3, 0.4) is 0 Å². The SMILES string of the molecule is Cc1ccc(S(=O)(=O)CC(=O)Nc2ccccc2)cc1. The molecule has 0 spiro atoms. The highest BCUT2D eigenvalue weighted by molar-refractivity contribution is 7.92. The average molecular weight is 289 g/mol. The van der Waals surface area contributed by atoms with Gasteiger partial charge in [0.2, 0.25) is 5.91 Å². The van der Waals surface area contributed by atoms with Crippen LogP contribution in [0, 0.1) is 6.92 Å². The first-order valence-electron chi connectivity index (χ1n) is 6.12. The second-order valence-electron chi connectivity index (χ2n) is 4.49. The number of hydrogen-bond donors (Lipinski definition) is 1. The van der Waals surface area contributed by atoms with Crippen molar-refractivity contribution in [1.29, 1.82) is 0 Å². The Morgan fingerprint density at radius 1 is 1.00 bits per heavy atom. The Morgan fingerprint density at radius 3 is 2.20 bits per heavy atom. The molecule has 0 saturated carbocycles. The van der Waals surface area contributed by atoms with Crippen LogP contribution in [0.4, 0.5) is 5.69 Å². The third-order valence-corrected chi connectivity index (χ3v) is 4.39. The fraction of sp³-hybridized carbons (Fsp3) is 0.133. The quantitative estimate of drug-likeness (QED) is 0.940. The van der Waals surface area contributed by atoms with E-state index in [-0.39, 0.29) is 4.90 Å². The predicted octanol–water partition coefficient (Wildman–Crippen LogP) is 2.41. The molecule has 5 heteroatoms. The monoisotopic (exact) mass is 289 g/mol. The van der Waals surface area contributed by atoms with Gasteiger partial charge in [-0.25, -0.2) is 8.42 Å². The Kier molecular flexibility index (Phi) is 4.20. The summed E-state index contributed by atoms with van der Waals surface area (Å²) in [4.78, 5) is 11.9. The van der Waals surface area contributed by atoms with E-state index in [4.69, 9.17) is 0 Å². The molecule has 0 radical (unpaired) electrons. The van der Waals surface area contributed by atoms with Crippen molar-refractivity contribution in [2.75, 3.05) is 11.1 Å². The predicted molar refractivity (Wildman–Crippen MR) is 78.3 cm³/mol. The molecule has 0 atom stereocenters. The van der Waals surface area contributed by atoms with Crippen LogP contribution in [0.1, 0.15) is 5.56 Å². The number of rotatable bonds is 4. The Labute approximate surface area is 118 Å². The van der Waals surface area contributed by atoms with Gasteiger partial charge < -0.3 is 5.32 Å². The van der Waals surface area contributed by atoms with Gasteiger partial charge in [-0.3, -0.25) is 4.79 Å². The van der Waals surface area contributed by atoms with Crippen molar-refractivity contribution < 1.29 is 13.2 Å². The van der Waals surface area contributed by atoms with Crippen LogP contribution in [0.25, 0.3) is 0 Å². The van der Waals surface area contributed by atoms with Crippen LogP contribution in [-0.4, -0.2) is 20.1 Å². The molecular weight excluding hydrogens is 274 g/mol. The number of sulfone groups is 1. The lowest BCUT2D eigenvalue weighted by atomic mass is 10.2. The highest BCUT2D eigenvalue weighted by Crippen LogP contribution is 2.13. The van der Waals surface area contributed by atoms with E-state index in [0.29, 0.717) is 5.69 Å². The summed E-state index contributed by atoms with van der Waals surface area (Å²) in [5.74, 6) is -1.11. The van der Waals surface area contributed by atoms with E-state index in [1.807, 2.05) is 13.0 Å². The second-order valence-corrected chi connectivity index (χ2v) is 6.48. The topological polar surface area (TPSA) is 63.2 Å². The summed E-state index contributed by atoms with van der Waals surface area (Å²) in [5, 5.41) is 2.56. The van der Waals surface area contributed by atoms with Crippen molar-refractivity contribution >= 4 is 21.4 Å². The van der Waals surface area contributed by atoms with Crippen molar-refractivity contribution in [2.24, 2.45) is 0 Å². The minimum absolute atomic E-state index is 0.159. The van der Waals surface area contributed by atoms with Crippen molar-refractivity contribution in [3.05, 3.63) is 60.2 Å². The number of carbonyl (C=O) groups is 1. The highest BCUT2D eigenvalue weighted by atomic mass is 32.2. The Bertz CT molecular complexity index is 692. The van der Waals surface area contributed by atoms with E-state index >= 15 is 0 Å². The maximum atomic E-state index is 12.1. The molecule has 0 aliphatic rings. The number of carbonyl (C=O) groups excluding carboxylic acids is 1. The number of aryl methyl sites for hydroxylation is 1. The third kappa shape index (κ3) is 3.68. The normalized spacial score (nSPS) is 11.1. The zero-order chi connectivity index (χ0) is 14.6. The Balaban J connectivity index is 2.08. The molecule has 4 nitrogen and oxygen atoms in total. The lowest BCUT2D eigenvalue weighted by molar-refractivity contribution is -0.113. The number of amides is 1. The van der Waals surface area contributed by atoms with E-state index < -0.39 is 21.5 Å². The molecule has 0 aromatic heterocycles. The van der Waals surface area contributed by atoms with Gasteiger partial charge in [-0.1, -0.05) is 35.9 Å². The van der Waals surface area contributed by atoms with E-state index in [2.05, 4.69) is 5.32 Å². The summed E-state index contributed by atoms with van der Waals surface area (Å²) in [6.45, 7) is 1.87. The minimum Gasteiger partial charge on any atom is -0.325 e. The van der Waals surface area contributed by atoms with Crippen molar-refractivity contribution in [2.45, 2.75) is 11.8 Å². The largest absolute Gasteiger partial charge is 0.325 e.